The van der Waals surface area contributed by atoms with Crippen LogP contribution >= 0.6 is 0 Å². The molecule has 2 aromatic heterocycles. The van der Waals surface area contributed by atoms with Gasteiger partial charge < -0.3 is 14.4 Å². The molecule has 1 aromatic carbocycles. The Bertz CT molecular complexity index is 1320. The zero-order chi connectivity index (χ0) is 26.6. The number of ether oxygens (including phenoxy) is 2. The fraction of sp³-hybridized carbons (Fsp3) is 0.500. The Balaban J connectivity index is 1.35. The normalized spacial score (nSPS) is 19.9. The van der Waals surface area contributed by atoms with Gasteiger partial charge in [0.1, 0.15) is 18.1 Å². The lowest BCUT2D eigenvalue weighted by Crippen LogP contribution is -2.38. The van der Waals surface area contributed by atoms with Crippen LogP contribution in [0.4, 0.5) is 14.9 Å². The van der Waals surface area contributed by atoms with Crippen LogP contribution in [-0.2, 0) is 15.9 Å². The van der Waals surface area contributed by atoms with Crippen molar-refractivity contribution in [2.45, 2.75) is 70.9 Å². The lowest BCUT2D eigenvalue weighted by atomic mass is 10.1. The monoisotopic (exact) mass is 523 g/mol. The van der Waals surface area contributed by atoms with Gasteiger partial charge in [0.2, 0.25) is 0 Å². The van der Waals surface area contributed by atoms with Gasteiger partial charge in [-0.3, -0.25) is 10.1 Å². The maximum absolute atomic E-state index is 15.1. The van der Waals surface area contributed by atoms with E-state index in [1.807, 2.05) is 11.8 Å². The number of amides is 2. The second-order valence-corrected chi connectivity index (χ2v) is 10.0. The maximum Gasteiger partial charge on any atom is 0.411 e. The van der Waals surface area contributed by atoms with E-state index >= 15 is 4.39 Å². The van der Waals surface area contributed by atoms with Gasteiger partial charge in [-0.05, 0) is 63.3 Å². The number of nitrogens with one attached hydrogen (secondary N) is 1. The number of benzene rings is 1. The van der Waals surface area contributed by atoms with E-state index in [1.54, 1.807) is 28.8 Å². The van der Waals surface area contributed by atoms with Gasteiger partial charge >= 0.3 is 6.09 Å². The van der Waals surface area contributed by atoms with Crippen LogP contribution in [0.25, 0.3) is 16.9 Å². The van der Waals surface area contributed by atoms with Crippen LogP contribution in [0.5, 0.6) is 0 Å². The SMILES string of the molecule is CCc1cc(C(=O)N2CCCCCC2C)nc2cc(-c3ccc(NC(=O)OCC4CCCO4)cc3F)nn12. The van der Waals surface area contributed by atoms with Crippen LogP contribution < -0.4 is 5.32 Å². The molecular weight excluding hydrogens is 489 g/mol. The molecule has 0 spiro atoms. The number of hydrogen-bond donors (Lipinski definition) is 1. The summed E-state index contributed by atoms with van der Waals surface area (Å²) in [5.41, 5.74) is 2.63. The standard InChI is InChI=1S/C28H34FN5O4/c1-3-20-15-25(27(35)33-12-6-4-5-8-18(33)2)31-26-16-24(32-34(20)26)22-11-10-19(14-23(22)29)30-28(36)38-17-21-9-7-13-37-21/h10-11,14-16,18,21H,3-9,12-13,17H2,1-2H3,(H,30,36). The van der Waals surface area contributed by atoms with Crippen molar-refractivity contribution < 1.29 is 23.5 Å². The Morgan fingerprint density at radius 1 is 1.16 bits per heavy atom. The van der Waals surface area contributed by atoms with E-state index in [1.165, 1.54) is 6.07 Å². The molecule has 3 aromatic rings. The van der Waals surface area contributed by atoms with Crippen molar-refractivity contribution in [3.8, 4) is 11.3 Å². The second-order valence-electron chi connectivity index (χ2n) is 10.0. The minimum absolute atomic E-state index is 0.0765. The summed E-state index contributed by atoms with van der Waals surface area (Å²) in [7, 11) is 0. The molecule has 0 saturated carbocycles. The number of halogens is 1. The zero-order valence-electron chi connectivity index (χ0n) is 21.9. The first kappa shape index (κ1) is 26.1. The Kier molecular flexibility index (Phi) is 7.87. The van der Waals surface area contributed by atoms with Gasteiger partial charge in [0.15, 0.2) is 5.65 Å². The lowest BCUT2D eigenvalue weighted by molar-refractivity contribution is 0.0484. The van der Waals surface area contributed by atoms with Gasteiger partial charge in [-0.1, -0.05) is 19.8 Å². The molecule has 2 atom stereocenters. The molecule has 1 N–H and O–H groups in total. The summed E-state index contributed by atoms with van der Waals surface area (Å²) in [6, 6.07) is 8.03. The molecule has 2 saturated heterocycles. The highest BCUT2D eigenvalue weighted by Gasteiger charge is 2.25. The first-order chi connectivity index (χ1) is 18.4. The minimum Gasteiger partial charge on any atom is -0.447 e. The summed E-state index contributed by atoms with van der Waals surface area (Å²) in [4.78, 5) is 32.0. The fourth-order valence-corrected chi connectivity index (χ4v) is 5.15. The molecule has 0 bridgehead atoms. The van der Waals surface area contributed by atoms with Gasteiger partial charge in [0.05, 0.1) is 11.8 Å². The first-order valence-corrected chi connectivity index (χ1v) is 13.5. The number of carbonyl (C=O) groups is 2. The van der Waals surface area contributed by atoms with Gasteiger partial charge in [0, 0.05) is 42.2 Å². The zero-order valence-corrected chi connectivity index (χ0v) is 21.9. The average Bonchev–Trinajstić information content (AvgIpc) is 3.53. The van der Waals surface area contributed by atoms with Crippen molar-refractivity contribution in [2.24, 2.45) is 0 Å². The lowest BCUT2D eigenvalue weighted by Gasteiger charge is -2.27. The van der Waals surface area contributed by atoms with Crippen molar-refractivity contribution in [1.82, 2.24) is 19.5 Å². The summed E-state index contributed by atoms with van der Waals surface area (Å²) in [6.07, 6.45) is 5.94. The molecule has 0 radical (unpaired) electrons. The molecule has 4 heterocycles. The number of hydrogen-bond acceptors (Lipinski definition) is 6. The highest BCUT2D eigenvalue weighted by atomic mass is 19.1. The summed E-state index contributed by atoms with van der Waals surface area (Å²) < 4.78 is 27.4. The van der Waals surface area contributed by atoms with E-state index in [-0.39, 0.29) is 35.9 Å². The summed E-state index contributed by atoms with van der Waals surface area (Å²) >= 11 is 0. The molecule has 2 aliphatic rings. The number of likely N-dealkylation sites (tertiary alicyclic amines) is 1. The Hall–Kier alpha value is -3.53. The van der Waals surface area contributed by atoms with Crippen molar-refractivity contribution in [1.29, 1.82) is 0 Å². The third-order valence-corrected chi connectivity index (χ3v) is 7.31. The van der Waals surface area contributed by atoms with Crippen LogP contribution in [0, 0.1) is 5.82 Å². The smallest absolute Gasteiger partial charge is 0.411 e. The Labute approximate surface area is 221 Å². The molecule has 5 rings (SSSR count). The van der Waals surface area contributed by atoms with Gasteiger partial charge in [-0.15, -0.1) is 0 Å². The van der Waals surface area contributed by atoms with E-state index < -0.39 is 11.9 Å². The van der Waals surface area contributed by atoms with Gasteiger partial charge in [0.25, 0.3) is 5.91 Å². The van der Waals surface area contributed by atoms with Crippen LogP contribution in [0.2, 0.25) is 0 Å². The Morgan fingerprint density at radius 2 is 2.03 bits per heavy atom. The van der Waals surface area contributed by atoms with Gasteiger partial charge in [-0.2, -0.15) is 5.10 Å². The van der Waals surface area contributed by atoms with Crippen molar-refractivity contribution in [3.63, 3.8) is 0 Å². The van der Waals surface area contributed by atoms with E-state index in [4.69, 9.17) is 9.47 Å². The van der Waals surface area contributed by atoms with Crippen LogP contribution in [-0.4, -0.2) is 63.4 Å². The molecule has 202 valence electrons. The summed E-state index contributed by atoms with van der Waals surface area (Å²) in [6.45, 7) is 5.65. The minimum atomic E-state index is -0.659. The van der Waals surface area contributed by atoms with E-state index in [0.717, 1.165) is 50.8 Å². The largest absolute Gasteiger partial charge is 0.447 e. The van der Waals surface area contributed by atoms with Crippen LogP contribution in [0.3, 0.4) is 0 Å². The summed E-state index contributed by atoms with van der Waals surface area (Å²) in [5, 5.41) is 7.14. The number of fused-ring (bicyclic) bond motifs is 1. The second kappa shape index (κ2) is 11.5. The Morgan fingerprint density at radius 3 is 2.79 bits per heavy atom. The van der Waals surface area contributed by atoms with E-state index in [2.05, 4.69) is 22.3 Å². The quantitative estimate of drug-likeness (QED) is 0.475. The molecular formula is C28H34FN5O4. The highest BCUT2D eigenvalue weighted by Crippen LogP contribution is 2.27. The number of aromatic nitrogens is 3. The first-order valence-electron chi connectivity index (χ1n) is 13.5. The topological polar surface area (TPSA) is 98.1 Å². The van der Waals surface area contributed by atoms with Crippen molar-refractivity contribution in [2.75, 3.05) is 25.1 Å². The number of nitrogens with zero attached hydrogens (tertiary/aromatic N) is 4. The predicted octanol–water partition coefficient (Wildman–Crippen LogP) is 5.23. The molecule has 2 aliphatic heterocycles. The molecule has 2 fully saturated rings. The fourth-order valence-electron chi connectivity index (χ4n) is 5.15. The highest BCUT2D eigenvalue weighted by molar-refractivity contribution is 5.93. The van der Waals surface area contributed by atoms with Crippen LogP contribution in [0.1, 0.15) is 68.6 Å². The molecule has 38 heavy (non-hydrogen) atoms. The molecule has 2 unspecified atom stereocenters. The third kappa shape index (κ3) is 5.65. The van der Waals surface area contributed by atoms with Crippen molar-refractivity contribution in [3.05, 3.63) is 47.5 Å². The molecule has 2 amide bonds. The number of rotatable bonds is 6. The molecule has 9 nitrogen and oxygen atoms in total. The van der Waals surface area contributed by atoms with Gasteiger partial charge in [-0.25, -0.2) is 18.7 Å². The summed E-state index contributed by atoms with van der Waals surface area (Å²) in [5.74, 6) is -0.620. The predicted molar refractivity (Wildman–Crippen MR) is 141 cm³/mol. The number of carbonyl (C=O) groups excluding carboxylic acids is 2. The average molecular weight is 524 g/mol. The van der Waals surface area contributed by atoms with E-state index in [0.29, 0.717) is 30.1 Å². The maximum atomic E-state index is 15.1. The molecule has 10 heteroatoms. The third-order valence-electron chi connectivity index (χ3n) is 7.31. The number of anilines is 1. The van der Waals surface area contributed by atoms with Crippen molar-refractivity contribution >= 4 is 23.3 Å². The van der Waals surface area contributed by atoms with E-state index in [9.17, 15) is 9.59 Å². The van der Waals surface area contributed by atoms with Crippen LogP contribution in [0.15, 0.2) is 30.3 Å². The molecule has 0 aliphatic carbocycles. The number of aryl methyl sites for hydroxylation is 1.